The molecule has 3 aliphatic rings. The first kappa shape index (κ1) is 69.2. The number of carboxylic acid groups (broad SMARTS) is 1. The van der Waals surface area contributed by atoms with Gasteiger partial charge in [-0.3, -0.25) is 29.3 Å². The van der Waals surface area contributed by atoms with Crippen molar-refractivity contribution in [1.29, 1.82) is 0 Å². The number of aromatic nitrogens is 3. The van der Waals surface area contributed by atoms with E-state index in [1.807, 2.05) is 160 Å². The summed E-state index contributed by atoms with van der Waals surface area (Å²) in [5.41, 5.74) is 9.63. The van der Waals surface area contributed by atoms with E-state index in [0.717, 1.165) is 34.9 Å². The molecule has 6 heterocycles. The van der Waals surface area contributed by atoms with Crippen molar-refractivity contribution >= 4 is 47.0 Å². The third-order valence-corrected chi connectivity index (χ3v) is 15.5. The molecule has 4 amide bonds. The molecule has 6 N–H and O–H groups in total. The van der Waals surface area contributed by atoms with Gasteiger partial charge in [-0.15, -0.1) is 0 Å². The molecular formula is C76H81N9O11. The summed E-state index contributed by atoms with van der Waals surface area (Å²) >= 11 is 0. The van der Waals surface area contributed by atoms with Crippen LogP contribution in [-0.2, 0) is 23.9 Å². The van der Waals surface area contributed by atoms with Gasteiger partial charge in [-0.2, -0.15) is 0 Å². The summed E-state index contributed by atoms with van der Waals surface area (Å²) in [5.74, 6) is 1.85. The van der Waals surface area contributed by atoms with Crippen LogP contribution >= 0.6 is 0 Å². The van der Waals surface area contributed by atoms with Gasteiger partial charge in [0.1, 0.15) is 45.7 Å². The number of nitrogens with zero attached hydrogens (tertiary/aromatic N) is 5. The molecule has 0 bridgehead atoms. The van der Waals surface area contributed by atoms with E-state index in [1.54, 1.807) is 111 Å². The van der Waals surface area contributed by atoms with Crippen molar-refractivity contribution in [1.82, 2.24) is 30.1 Å². The monoisotopic (exact) mass is 1300 g/mol. The van der Waals surface area contributed by atoms with Gasteiger partial charge in [0, 0.05) is 129 Å². The fourth-order valence-corrected chi connectivity index (χ4v) is 11.1. The summed E-state index contributed by atoms with van der Waals surface area (Å²) in [6.07, 6.45) is 9.17. The van der Waals surface area contributed by atoms with Crippen LogP contribution in [0, 0.1) is 17.8 Å². The van der Waals surface area contributed by atoms with Crippen molar-refractivity contribution in [2.75, 3.05) is 55.6 Å². The number of ether oxygens (including phenoxy) is 5. The molecule has 0 radical (unpaired) electrons. The van der Waals surface area contributed by atoms with E-state index in [4.69, 9.17) is 29.4 Å². The van der Waals surface area contributed by atoms with E-state index < -0.39 is 41.2 Å². The number of rotatable bonds is 14. The number of carbonyl (C=O) groups excluding carboxylic acids is 4. The Kier molecular flexibility index (Phi) is 23.9. The first-order valence-electron chi connectivity index (χ1n) is 31.7. The maximum atomic E-state index is 13.4. The van der Waals surface area contributed by atoms with Gasteiger partial charge in [0.2, 0.25) is 11.8 Å². The number of aliphatic carboxylic acids is 1. The van der Waals surface area contributed by atoms with Gasteiger partial charge in [0.25, 0.3) is 0 Å². The molecule has 3 saturated heterocycles. The number of likely N-dealkylation sites (tertiary alicyclic amines) is 2. The van der Waals surface area contributed by atoms with Gasteiger partial charge in [-0.05, 0) is 131 Å². The highest BCUT2D eigenvalue weighted by Crippen LogP contribution is 2.37. The third kappa shape index (κ3) is 20.9. The van der Waals surface area contributed by atoms with Crippen LogP contribution in [-0.4, -0.2) is 110 Å². The minimum Gasteiger partial charge on any atom is -0.481 e. The van der Waals surface area contributed by atoms with Gasteiger partial charge >= 0.3 is 18.2 Å². The van der Waals surface area contributed by atoms with Crippen LogP contribution in [0.5, 0.6) is 34.5 Å². The number of carbonyl (C=O) groups is 5. The smallest absolute Gasteiger partial charge is 0.410 e. The molecular weight excluding hydrogens is 1210 g/mol. The lowest BCUT2D eigenvalue weighted by Crippen LogP contribution is -2.36. The zero-order valence-corrected chi connectivity index (χ0v) is 54.6. The zero-order valence-electron chi connectivity index (χ0n) is 54.6. The van der Waals surface area contributed by atoms with Gasteiger partial charge in [0.05, 0.1) is 17.8 Å². The zero-order chi connectivity index (χ0) is 68.0. The molecule has 3 fully saturated rings. The van der Waals surface area contributed by atoms with Crippen LogP contribution in [0.15, 0.2) is 237 Å². The van der Waals surface area contributed by atoms with Crippen molar-refractivity contribution < 1.29 is 52.8 Å². The van der Waals surface area contributed by atoms with E-state index >= 15 is 0 Å². The number of benzene rings is 6. The Labute approximate surface area is 559 Å². The van der Waals surface area contributed by atoms with Crippen molar-refractivity contribution in [3.05, 3.63) is 254 Å². The van der Waals surface area contributed by atoms with E-state index in [9.17, 15) is 29.1 Å². The number of hydrogen-bond donors (Lipinski definition) is 5. The quantitative estimate of drug-likeness (QED) is 0.0634. The molecule has 96 heavy (non-hydrogen) atoms. The Hall–Kier alpha value is -11.1. The van der Waals surface area contributed by atoms with Crippen LogP contribution in [0.25, 0.3) is 0 Å². The molecule has 0 aliphatic carbocycles. The van der Waals surface area contributed by atoms with Crippen molar-refractivity contribution in [3.8, 4) is 34.5 Å². The SMILES string of the molecule is CC(C)(C)OC(=O)N1C[C@@H](C(=O)Nc2cccc(Oc3ccncc3)c2)[C@H](c2ccccc2)C1.CC(C)(C)OC(=O)N1C[C@@H](C(=O)O)[C@H](c2ccccc2)C1.Nc1cccc(Oc2ccncc2)c1.O=C(Nc1cccc(Oc2ccncc2)c1)[C@@H]1CNC[C@H]1c1ccccc1. The van der Waals surface area contributed by atoms with Crippen LogP contribution < -0.4 is 35.9 Å². The molecule has 3 aliphatic heterocycles. The molecule has 0 spiro atoms. The number of pyridine rings is 3. The first-order valence-corrected chi connectivity index (χ1v) is 31.7. The number of nitrogens with two attached hydrogens (primary N) is 1. The normalized spacial score (nSPS) is 17.9. The Morgan fingerprint density at radius 3 is 1.19 bits per heavy atom. The molecule has 496 valence electrons. The summed E-state index contributed by atoms with van der Waals surface area (Å²) in [4.78, 5) is 77.5. The number of hydrogen-bond acceptors (Lipinski definition) is 15. The van der Waals surface area contributed by atoms with E-state index in [1.165, 1.54) is 10.5 Å². The van der Waals surface area contributed by atoms with Crippen molar-refractivity contribution in [2.24, 2.45) is 17.8 Å². The average molecular weight is 1300 g/mol. The molecule has 0 unspecified atom stereocenters. The largest absolute Gasteiger partial charge is 0.481 e. The van der Waals surface area contributed by atoms with Gasteiger partial charge in [-0.25, -0.2) is 9.59 Å². The Balaban J connectivity index is 0.000000157. The van der Waals surface area contributed by atoms with Crippen LogP contribution in [0.1, 0.15) is 76.0 Å². The minimum atomic E-state index is -0.880. The number of nitrogen functional groups attached to an aromatic ring is 1. The lowest BCUT2D eigenvalue weighted by Gasteiger charge is -2.24. The predicted molar refractivity (Wildman–Crippen MR) is 368 cm³/mol. The molecule has 6 aromatic carbocycles. The van der Waals surface area contributed by atoms with Gasteiger partial charge in [-0.1, -0.05) is 109 Å². The maximum absolute atomic E-state index is 13.4. The molecule has 20 nitrogen and oxygen atoms in total. The number of amides is 4. The Morgan fingerprint density at radius 1 is 0.427 bits per heavy atom. The highest BCUT2D eigenvalue weighted by molar-refractivity contribution is 5.95. The lowest BCUT2D eigenvalue weighted by molar-refractivity contribution is -0.141. The summed E-state index contributed by atoms with van der Waals surface area (Å²) in [5, 5.41) is 18.8. The van der Waals surface area contributed by atoms with Crippen LogP contribution in [0.2, 0.25) is 0 Å². The fraction of sp³-hybridized carbons (Fsp3) is 0.263. The maximum Gasteiger partial charge on any atom is 0.410 e. The Bertz CT molecular complexity index is 3960. The Morgan fingerprint density at radius 2 is 0.792 bits per heavy atom. The van der Waals surface area contributed by atoms with Gasteiger partial charge in [0.15, 0.2) is 0 Å². The van der Waals surface area contributed by atoms with Crippen LogP contribution in [0.4, 0.5) is 26.7 Å². The number of carboxylic acids is 1. The molecule has 6 atom stereocenters. The van der Waals surface area contributed by atoms with Crippen molar-refractivity contribution in [3.63, 3.8) is 0 Å². The number of anilines is 3. The first-order chi connectivity index (χ1) is 46.2. The summed E-state index contributed by atoms with van der Waals surface area (Å²) in [7, 11) is 0. The second-order valence-electron chi connectivity index (χ2n) is 25.1. The fourth-order valence-electron chi connectivity index (χ4n) is 11.1. The molecule has 0 saturated carbocycles. The predicted octanol–water partition coefficient (Wildman–Crippen LogP) is 14.5. The standard InChI is InChI=1S/C27H29N3O4.C22H21N3O2.C16H21NO4.C11H10N2O/c1-27(2,3)34-26(32)30-17-23(19-8-5-4-6-9-19)24(18-30)25(31)29-20-10-7-11-22(16-20)33-21-12-14-28-15-13-21;26-22(21-15-24-14-20(21)16-5-2-1-3-6-16)25-17-7-4-8-19(13-17)27-18-9-11-23-12-10-18;1-16(2,3)21-15(20)17-9-12(13(10-17)14(18)19)11-7-5-4-6-8-11;12-9-2-1-3-11(8-9)14-10-4-6-13-7-5-10/h4-16,23-24H,17-18H2,1-3H3,(H,29,31);1-13,20-21,24H,14-15H2,(H,25,26);4-8,12-13H,9-10H2,1-3H3,(H,18,19);1-8H,12H2/t23-,24+;20-,21+;12-,13+;/m000./s1. The highest BCUT2D eigenvalue weighted by atomic mass is 16.6. The van der Waals surface area contributed by atoms with E-state index in [-0.39, 0.29) is 48.6 Å². The topological polar surface area (TPSA) is 259 Å². The van der Waals surface area contributed by atoms with Crippen LogP contribution in [0.3, 0.4) is 0 Å². The van der Waals surface area contributed by atoms with E-state index in [0.29, 0.717) is 54.0 Å². The summed E-state index contributed by atoms with van der Waals surface area (Å²) in [6.45, 7) is 13.6. The lowest BCUT2D eigenvalue weighted by atomic mass is 9.88. The third-order valence-electron chi connectivity index (χ3n) is 15.5. The molecule has 12 rings (SSSR count). The highest BCUT2D eigenvalue weighted by Gasteiger charge is 2.43. The number of nitrogens with one attached hydrogen (secondary N) is 3. The summed E-state index contributed by atoms with van der Waals surface area (Å²) in [6, 6.07) is 62.1. The molecule has 3 aromatic heterocycles. The van der Waals surface area contributed by atoms with E-state index in [2.05, 4.69) is 43.0 Å². The average Bonchev–Trinajstić information content (AvgIpc) is 1.68. The minimum absolute atomic E-state index is 0.0231. The van der Waals surface area contributed by atoms with Crippen molar-refractivity contribution in [2.45, 2.75) is 70.5 Å². The molecule has 20 heteroatoms. The second-order valence-corrected chi connectivity index (χ2v) is 25.1. The van der Waals surface area contributed by atoms with Gasteiger partial charge < -0.3 is 60.3 Å². The molecule has 9 aromatic rings. The second kappa shape index (κ2) is 33.1. The summed E-state index contributed by atoms with van der Waals surface area (Å²) < 4.78 is 28.1.